The molecule has 0 atom stereocenters. The molecule has 6 aromatic rings. The maximum Gasteiger partial charge on any atom is 0.344 e. The molecule has 0 bridgehead atoms. The van der Waals surface area contributed by atoms with Crippen LogP contribution in [0.1, 0.15) is 37.5 Å². The van der Waals surface area contributed by atoms with Gasteiger partial charge in [-0.2, -0.15) is 8.42 Å². The van der Waals surface area contributed by atoms with Gasteiger partial charge in [0.05, 0.1) is 4.90 Å². The number of ether oxygens (including phenoxy) is 4. The minimum absolute atomic E-state index is 0.00229. The summed E-state index contributed by atoms with van der Waals surface area (Å²) < 4.78 is 59.3. The third-order valence-electron chi connectivity index (χ3n) is 8.02. The lowest BCUT2D eigenvalue weighted by atomic mass is 10.2. The maximum atomic E-state index is 14.5. The number of carbonyl (C=O) groups excluding carboxylic acids is 1. The number of hydrogen-bond donors (Lipinski definition) is 0. The van der Waals surface area contributed by atoms with Gasteiger partial charge in [-0.25, -0.2) is 8.42 Å². The van der Waals surface area contributed by atoms with E-state index < -0.39 is 32.0 Å². The first-order valence-corrected chi connectivity index (χ1v) is 20.4. The quantitative estimate of drug-likeness (QED) is 0.0933. The second-order valence-electron chi connectivity index (χ2n) is 13.5. The lowest BCUT2D eigenvalue weighted by Gasteiger charge is -2.39. The van der Waals surface area contributed by atoms with Crippen LogP contribution in [0.3, 0.4) is 0 Å². The van der Waals surface area contributed by atoms with Gasteiger partial charge in [0.15, 0.2) is 6.61 Å². The minimum Gasteiger partial charge on any atom is -0.489 e. The summed E-state index contributed by atoms with van der Waals surface area (Å²) in [5.74, 6) is 0.874. The molecule has 0 N–H and O–H groups in total. The van der Waals surface area contributed by atoms with E-state index in [1.807, 2.05) is 67.6 Å². The second kappa shape index (κ2) is 17.2. The van der Waals surface area contributed by atoms with E-state index in [1.54, 1.807) is 94.1 Å². The molecule has 10 nitrogen and oxygen atoms in total. The molecule has 0 fully saturated rings. The number of hydrogen-bond acceptors (Lipinski definition) is 10. The highest BCUT2D eigenvalue weighted by atomic mass is 32.3. The molecule has 0 amide bonds. The van der Waals surface area contributed by atoms with Gasteiger partial charge >= 0.3 is 16.1 Å². The van der Waals surface area contributed by atoms with Crippen LogP contribution in [0.4, 0.5) is 0 Å². The van der Waals surface area contributed by atoms with Crippen molar-refractivity contribution in [2.24, 2.45) is 0 Å². The third-order valence-corrected chi connectivity index (χ3v) is 13.2. The van der Waals surface area contributed by atoms with Crippen LogP contribution in [-0.4, -0.2) is 36.6 Å². The van der Waals surface area contributed by atoms with Crippen molar-refractivity contribution in [1.82, 2.24) is 9.97 Å². The molecule has 12 heteroatoms. The number of rotatable bonds is 15. The Kier molecular flexibility index (Phi) is 12.2. The Morgan fingerprint density at radius 3 is 1.56 bits per heavy atom. The summed E-state index contributed by atoms with van der Waals surface area (Å²) >= 11 is 0. The number of esters is 1. The number of carbonyl (C=O) groups is 1. The van der Waals surface area contributed by atoms with Crippen LogP contribution in [0, 0.1) is 6.92 Å². The van der Waals surface area contributed by atoms with Crippen LogP contribution in [-0.2, 0) is 36.5 Å². The molecule has 0 aliphatic rings. The Bertz CT molecular complexity index is 2210. The van der Waals surface area contributed by atoms with Crippen molar-refractivity contribution in [3.8, 4) is 17.2 Å². The summed E-state index contributed by atoms with van der Waals surface area (Å²) in [6, 6.07) is 35.3. The van der Waals surface area contributed by atoms with E-state index >= 15 is 0 Å². The molecule has 0 saturated heterocycles. The molecule has 4 aromatic carbocycles. The van der Waals surface area contributed by atoms with Crippen molar-refractivity contribution in [1.29, 1.82) is 0 Å². The topological polar surface area (TPSA) is 123 Å². The molecule has 55 heavy (non-hydrogen) atoms. The summed E-state index contributed by atoms with van der Waals surface area (Å²) in [6.07, 6.45) is 6.77. The molecule has 284 valence electrons. The predicted octanol–water partition coefficient (Wildman–Crippen LogP) is 9.27. The molecule has 0 aliphatic carbocycles. The second-order valence-corrected chi connectivity index (χ2v) is 17.9. The van der Waals surface area contributed by atoms with Crippen LogP contribution in [0.5, 0.6) is 17.2 Å². The fourth-order valence-electron chi connectivity index (χ4n) is 5.42. The Labute approximate surface area is 323 Å². The van der Waals surface area contributed by atoms with E-state index in [4.69, 9.17) is 22.6 Å². The highest BCUT2D eigenvalue weighted by molar-refractivity contribution is 8.33. The van der Waals surface area contributed by atoms with Gasteiger partial charge in [-0.3, -0.25) is 9.97 Å². The average Bonchev–Trinajstić information content (AvgIpc) is 3.18. The molecule has 0 aliphatic heterocycles. The van der Waals surface area contributed by atoms with Crippen molar-refractivity contribution < 1.29 is 35.8 Å². The highest BCUT2D eigenvalue weighted by Crippen LogP contribution is 2.71. The largest absolute Gasteiger partial charge is 0.489 e. The van der Waals surface area contributed by atoms with Gasteiger partial charge in [-0.1, -0.05) is 29.8 Å². The molecule has 6 rings (SSSR count). The van der Waals surface area contributed by atoms with Crippen molar-refractivity contribution in [3.05, 3.63) is 163 Å². The molecule has 0 radical (unpaired) electrons. The van der Waals surface area contributed by atoms with Crippen molar-refractivity contribution in [2.45, 2.75) is 66.1 Å². The number of aryl methyl sites for hydroxylation is 1. The van der Waals surface area contributed by atoms with Gasteiger partial charge in [0, 0.05) is 39.5 Å². The molecule has 0 saturated carbocycles. The van der Waals surface area contributed by atoms with E-state index in [0.29, 0.717) is 31.9 Å². The number of nitrogens with zero attached hydrogens (tertiary/aromatic N) is 2. The zero-order valence-electron chi connectivity index (χ0n) is 31.0. The van der Waals surface area contributed by atoms with Gasteiger partial charge in [0.2, 0.25) is 0 Å². The molecule has 2 heterocycles. The normalized spacial score (nSPS) is 12.1. The Morgan fingerprint density at radius 2 is 1.07 bits per heavy atom. The lowest BCUT2D eigenvalue weighted by Crippen LogP contribution is -2.27. The Morgan fingerprint density at radius 1 is 0.582 bits per heavy atom. The summed E-state index contributed by atoms with van der Waals surface area (Å²) in [5, 5.41) is 0. The third kappa shape index (κ3) is 10.3. The minimum atomic E-state index is -4.42. The fraction of sp³-hybridized carbons (Fsp3) is 0.186. The molecule has 0 unspecified atom stereocenters. The Hall–Kier alpha value is -5.69. The summed E-state index contributed by atoms with van der Waals surface area (Å²) in [6.45, 7) is 7.45. The molecule has 2 aromatic heterocycles. The van der Waals surface area contributed by atoms with Crippen molar-refractivity contribution in [2.75, 3.05) is 6.61 Å². The van der Waals surface area contributed by atoms with E-state index in [0.717, 1.165) is 16.7 Å². The summed E-state index contributed by atoms with van der Waals surface area (Å²) in [4.78, 5) is 22.2. The maximum absolute atomic E-state index is 14.5. The SMILES string of the molecule is Cc1ccc(S(=O)(=O)OS(c2ccc(OCC(=O)OC(C)(C)C)cc2)(c2cccc(OCc3ccncc3)c2)c2cccc(OCc3ccncc3)c2)cc1. The van der Waals surface area contributed by atoms with Gasteiger partial charge in [-0.05, 0) is 146 Å². The van der Waals surface area contributed by atoms with Crippen molar-refractivity contribution in [3.63, 3.8) is 0 Å². The Balaban J connectivity index is 1.48. The van der Waals surface area contributed by atoms with Crippen LogP contribution in [0.15, 0.2) is 166 Å². The summed E-state index contributed by atoms with van der Waals surface area (Å²) in [7, 11) is -7.56. The van der Waals surface area contributed by atoms with E-state index in [-0.39, 0.29) is 24.7 Å². The van der Waals surface area contributed by atoms with Crippen LogP contribution < -0.4 is 14.2 Å². The molecular formula is C43H42N2O8S2. The van der Waals surface area contributed by atoms with E-state index in [1.165, 1.54) is 12.1 Å². The predicted molar refractivity (Wildman–Crippen MR) is 210 cm³/mol. The zero-order valence-corrected chi connectivity index (χ0v) is 32.6. The van der Waals surface area contributed by atoms with Gasteiger partial charge in [-0.15, -0.1) is 0 Å². The van der Waals surface area contributed by atoms with Gasteiger partial charge < -0.3 is 18.9 Å². The van der Waals surface area contributed by atoms with Crippen LogP contribution in [0.25, 0.3) is 0 Å². The average molecular weight is 779 g/mol. The fourth-order valence-corrected chi connectivity index (χ4v) is 10.7. The lowest BCUT2D eigenvalue weighted by molar-refractivity contribution is -0.157. The van der Waals surface area contributed by atoms with Gasteiger partial charge in [0.25, 0.3) is 0 Å². The standard InChI is InChI=1S/C43H42N2O8S2/c1-32-11-15-39(16-12-32)55(47,48)53-54(38-17-13-35(14-18-38)51-31-42(46)52-43(2,3)4,40-9-5-7-36(27-40)49-29-33-19-23-44-24-20-33)41-10-6-8-37(28-41)50-30-34-21-25-45-26-22-34/h5-28H,29-31H2,1-4H3. The van der Waals surface area contributed by atoms with E-state index in [9.17, 15) is 13.2 Å². The summed E-state index contributed by atoms with van der Waals surface area (Å²) in [5.41, 5.74) is 2.06. The molecule has 0 spiro atoms. The first-order chi connectivity index (χ1) is 26.4. The molecular weight excluding hydrogens is 737 g/mol. The zero-order chi connectivity index (χ0) is 38.9. The highest BCUT2D eigenvalue weighted by Gasteiger charge is 2.39. The van der Waals surface area contributed by atoms with E-state index in [2.05, 4.69) is 9.97 Å². The number of aromatic nitrogens is 2. The first-order valence-electron chi connectivity index (χ1n) is 17.4. The van der Waals surface area contributed by atoms with Crippen LogP contribution >= 0.6 is 10.3 Å². The van der Waals surface area contributed by atoms with Crippen LogP contribution in [0.2, 0.25) is 0 Å². The first kappa shape index (κ1) is 39.0. The smallest absolute Gasteiger partial charge is 0.344 e. The number of pyridine rings is 2. The monoisotopic (exact) mass is 778 g/mol. The van der Waals surface area contributed by atoms with Gasteiger partial charge in [0.1, 0.15) is 36.1 Å². The van der Waals surface area contributed by atoms with Crippen molar-refractivity contribution >= 4 is 26.4 Å². The number of benzene rings is 4.